The van der Waals surface area contributed by atoms with Gasteiger partial charge in [-0.05, 0) is 62.0 Å². The highest BCUT2D eigenvalue weighted by Gasteiger charge is 2.39. The normalized spacial score (nSPS) is 28.4. The number of aromatic nitrogens is 3. The molecular formula is C16H22Cl2N4O2. The lowest BCUT2D eigenvalue weighted by Gasteiger charge is -2.35. The van der Waals surface area contributed by atoms with Gasteiger partial charge < -0.3 is 15.2 Å². The van der Waals surface area contributed by atoms with Gasteiger partial charge in [0, 0.05) is 5.69 Å². The second-order valence-electron chi connectivity index (χ2n) is 6.24. The van der Waals surface area contributed by atoms with Gasteiger partial charge in [-0.1, -0.05) is 0 Å². The molecule has 0 unspecified atom stereocenters. The van der Waals surface area contributed by atoms with Crippen LogP contribution in [-0.2, 0) is 0 Å². The smallest absolute Gasteiger partial charge is 0.125 e. The Labute approximate surface area is 153 Å². The molecule has 0 bridgehead atoms. The molecule has 2 aliphatic rings. The topological polar surface area (TPSA) is 72.2 Å². The fourth-order valence-electron chi connectivity index (χ4n) is 3.59. The molecule has 1 saturated carbocycles. The first-order valence-corrected chi connectivity index (χ1v) is 7.80. The van der Waals surface area contributed by atoms with Gasteiger partial charge in [-0.25, -0.2) is 0 Å². The number of hydrogen-bond acceptors (Lipinski definition) is 5. The van der Waals surface area contributed by atoms with E-state index < -0.39 is 0 Å². The number of benzene rings is 1. The van der Waals surface area contributed by atoms with Crippen LogP contribution in [0.3, 0.4) is 0 Å². The van der Waals surface area contributed by atoms with Crippen LogP contribution >= 0.6 is 24.8 Å². The molecule has 2 aromatic rings. The van der Waals surface area contributed by atoms with Crippen molar-refractivity contribution in [3.63, 3.8) is 0 Å². The quantitative estimate of drug-likeness (QED) is 0.859. The maximum atomic E-state index is 10.3. The van der Waals surface area contributed by atoms with E-state index in [4.69, 9.17) is 4.74 Å². The Kier molecular flexibility index (Phi) is 6.46. The summed E-state index contributed by atoms with van der Waals surface area (Å²) in [7, 11) is 0. The molecule has 2 N–H and O–H groups in total. The Balaban J connectivity index is 0.00000104. The number of nitrogens with zero attached hydrogens (tertiary/aromatic N) is 3. The average molecular weight is 373 g/mol. The summed E-state index contributed by atoms with van der Waals surface area (Å²) < 4.78 is 7.87. The second kappa shape index (κ2) is 8.16. The molecular weight excluding hydrogens is 351 g/mol. The molecule has 1 aliphatic carbocycles. The molecule has 2 fully saturated rings. The van der Waals surface area contributed by atoms with E-state index in [-0.39, 0.29) is 37.0 Å². The van der Waals surface area contributed by atoms with Gasteiger partial charge in [-0.2, -0.15) is 0 Å². The van der Waals surface area contributed by atoms with Crippen molar-refractivity contribution in [1.82, 2.24) is 20.1 Å². The van der Waals surface area contributed by atoms with E-state index in [0.29, 0.717) is 11.8 Å². The first kappa shape index (κ1) is 19.0. The maximum absolute atomic E-state index is 10.3. The first-order chi connectivity index (χ1) is 10.8. The summed E-state index contributed by atoms with van der Waals surface area (Å²) in [6.07, 6.45) is 4.59. The van der Waals surface area contributed by atoms with E-state index in [1.165, 1.54) is 0 Å². The van der Waals surface area contributed by atoms with Crippen LogP contribution in [0.15, 0.2) is 36.9 Å². The lowest BCUT2D eigenvalue weighted by molar-refractivity contribution is -0.0231. The van der Waals surface area contributed by atoms with Crippen molar-refractivity contribution in [2.45, 2.75) is 25.0 Å². The largest absolute Gasteiger partial charge is 0.488 e. The molecule has 1 aromatic heterocycles. The summed E-state index contributed by atoms with van der Waals surface area (Å²) in [6, 6.07) is 7.80. The van der Waals surface area contributed by atoms with E-state index in [1.54, 1.807) is 12.7 Å². The minimum absolute atomic E-state index is 0. The molecule has 24 heavy (non-hydrogen) atoms. The summed E-state index contributed by atoms with van der Waals surface area (Å²) >= 11 is 0. The minimum Gasteiger partial charge on any atom is -0.488 e. The third kappa shape index (κ3) is 3.83. The van der Waals surface area contributed by atoms with Crippen LogP contribution in [0.5, 0.6) is 5.75 Å². The van der Waals surface area contributed by atoms with Crippen molar-refractivity contribution in [2.24, 2.45) is 11.8 Å². The molecule has 6 nitrogen and oxygen atoms in total. The fraction of sp³-hybridized carbons (Fsp3) is 0.500. The van der Waals surface area contributed by atoms with Crippen molar-refractivity contribution >= 4 is 24.8 Å². The Morgan fingerprint density at radius 1 is 1.00 bits per heavy atom. The van der Waals surface area contributed by atoms with Crippen molar-refractivity contribution in [1.29, 1.82) is 0 Å². The minimum atomic E-state index is -0.376. The van der Waals surface area contributed by atoms with Gasteiger partial charge in [0.15, 0.2) is 0 Å². The van der Waals surface area contributed by atoms with E-state index >= 15 is 0 Å². The highest BCUT2D eigenvalue weighted by atomic mass is 35.5. The molecule has 132 valence electrons. The van der Waals surface area contributed by atoms with Gasteiger partial charge in [0.25, 0.3) is 0 Å². The summed E-state index contributed by atoms with van der Waals surface area (Å²) in [6.45, 7) is 2.08. The van der Waals surface area contributed by atoms with Gasteiger partial charge in [0.2, 0.25) is 0 Å². The summed E-state index contributed by atoms with van der Waals surface area (Å²) in [5.74, 6) is 2.03. The lowest BCUT2D eigenvalue weighted by atomic mass is 9.78. The van der Waals surface area contributed by atoms with Gasteiger partial charge in [0.1, 0.15) is 24.5 Å². The van der Waals surface area contributed by atoms with Crippen LogP contribution in [-0.4, -0.2) is 45.2 Å². The summed E-state index contributed by atoms with van der Waals surface area (Å²) in [5.41, 5.74) is 0.988. The molecule has 4 rings (SSSR count). The van der Waals surface area contributed by atoms with Crippen LogP contribution in [0.1, 0.15) is 12.8 Å². The molecule has 0 radical (unpaired) electrons. The van der Waals surface area contributed by atoms with Crippen LogP contribution in [0.4, 0.5) is 0 Å². The lowest BCUT2D eigenvalue weighted by Crippen LogP contribution is -2.42. The number of halogens is 2. The molecule has 1 aliphatic heterocycles. The van der Waals surface area contributed by atoms with Crippen molar-refractivity contribution in [2.75, 3.05) is 13.1 Å². The van der Waals surface area contributed by atoms with Gasteiger partial charge in [-0.3, -0.25) is 4.57 Å². The maximum Gasteiger partial charge on any atom is 0.125 e. The third-order valence-corrected chi connectivity index (χ3v) is 4.83. The molecule has 1 saturated heterocycles. The molecule has 8 heteroatoms. The van der Waals surface area contributed by atoms with Gasteiger partial charge in [0.05, 0.1) is 6.10 Å². The average Bonchev–Trinajstić information content (AvgIpc) is 3.19. The van der Waals surface area contributed by atoms with Crippen LogP contribution in [0, 0.1) is 11.8 Å². The fourth-order valence-corrected chi connectivity index (χ4v) is 3.59. The first-order valence-electron chi connectivity index (χ1n) is 7.80. The third-order valence-electron chi connectivity index (χ3n) is 4.83. The number of ether oxygens (including phenoxy) is 1. The predicted octanol–water partition coefficient (Wildman–Crippen LogP) is 1.85. The van der Waals surface area contributed by atoms with Crippen LogP contribution < -0.4 is 10.1 Å². The van der Waals surface area contributed by atoms with E-state index in [2.05, 4.69) is 15.5 Å². The van der Waals surface area contributed by atoms with E-state index in [9.17, 15) is 5.11 Å². The zero-order chi connectivity index (χ0) is 14.9. The Morgan fingerprint density at radius 3 is 2.29 bits per heavy atom. The number of hydrogen-bond donors (Lipinski definition) is 2. The highest BCUT2D eigenvalue weighted by Crippen LogP contribution is 2.34. The molecule has 0 spiro atoms. The Hall–Kier alpha value is -1.34. The second-order valence-corrected chi connectivity index (χ2v) is 6.24. The van der Waals surface area contributed by atoms with E-state index in [0.717, 1.165) is 37.4 Å². The number of nitrogens with one attached hydrogen (secondary N) is 1. The number of rotatable bonds is 3. The summed E-state index contributed by atoms with van der Waals surface area (Å²) in [5, 5.41) is 21.3. The Bertz CT molecular complexity index is 624. The number of aliphatic hydroxyl groups is 1. The molecule has 0 amide bonds. The Morgan fingerprint density at radius 2 is 1.62 bits per heavy atom. The van der Waals surface area contributed by atoms with Crippen molar-refractivity contribution < 1.29 is 9.84 Å². The molecule has 2 heterocycles. The van der Waals surface area contributed by atoms with Gasteiger partial charge >= 0.3 is 0 Å². The highest BCUT2D eigenvalue weighted by molar-refractivity contribution is 5.85. The number of fused-ring (bicyclic) bond motifs is 1. The van der Waals surface area contributed by atoms with Crippen molar-refractivity contribution in [3.05, 3.63) is 36.9 Å². The monoisotopic (exact) mass is 372 g/mol. The van der Waals surface area contributed by atoms with Crippen LogP contribution in [0.25, 0.3) is 5.69 Å². The standard InChI is InChI=1S/C16H20N4O2.2ClH/c21-15-5-11-7-17-8-12(11)6-16(15)22-14-3-1-13(2-4-14)20-9-18-19-10-20;;/h1-4,9-12,15-17,21H,5-8H2;2*1H/t11-,12+,15+,16+;;/m0../s1. The number of aliphatic hydroxyl groups excluding tert-OH is 1. The van der Waals surface area contributed by atoms with Crippen molar-refractivity contribution in [3.8, 4) is 11.4 Å². The zero-order valence-corrected chi connectivity index (χ0v) is 14.7. The molecule has 1 aromatic carbocycles. The van der Waals surface area contributed by atoms with Crippen LogP contribution in [0.2, 0.25) is 0 Å². The van der Waals surface area contributed by atoms with E-state index in [1.807, 2.05) is 28.8 Å². The predicted molar refractivity (Wildman–Crippen MR) is 95.4 cm³/mol. The summed E-state index contributed by atoms with van der Waals surface area (Å²) in [4.78, 5) is 0. The molecule has 4 atom stereocenters. The SMILES string of the molecule is Cl.Cl.O[C@@H]1C[C@H]2CNC[C@H]2C[C@H]1Oc1ccc(-n2cnnc2)cc1. The van der Waals surface area contributed by atoms with Gasteiger partial charge in [-0.15, -0.1) is 35.0 Å². The zero-order valence-electron chi connectivity index (χ0n) is 13.1.